The summed E-state index contributed by atoms with van der Waals surface area (Å²) in [6.45, 7) is 5.65. The van der Waals surface area contributed by atoms with Crippen LogP contribution in [0.2, 0.25) is 0 Å². The van der Waals surface area contributed by atoms with Crippen LogP contribution in [0.15, 0.2) is 33.8 Å². The van der Waals surface area contributed by atoms with Gasteiger partial charge < -0.3 is 19.0 Å². The summed E-state index contributed by atoms with van der Waals surface area (Å²) in [5.41, 5.74) is 3.24. The largest absolute Gasteiger partial charge is 0.361 e. The molecule has 1 fully saturated rings. The Morgan fingerprint density at radius 2 is 2.14 bits per heavy atom. The van der Waals surface area contributed by atoms with E-state index in [1.807, 2.05) is 35.4 Å². The fraction of sp³-hybridized carbons (Fsp3) is 0.429. The van der Waals surface area contributed by atoms with Crippen LogP contribution in [0.5, 0.6) is 0 Å². The number of nitrogens with one attached hydrogen (secondary N) is 1. The second kappa shape index (κ2) is 6.72. The number of carbonyl (C=O) groups excluding carboxylic acids is 1. The SMILES string of the molecule is Cc1noc(C)c1CC(=O)N1C[C@@H]2C[C@H](C1)c1ccc(-c3ncc[nH]3)c(=O)n1C2. The predicted octanol–water partition coefficient (Wildman–Crippen LogP) is 2.03. The number of aryl methyl sites for hydroxylation is 2. The molecule has 8 nitrogen and oxygen atoms in total. The van der Waals surface area contributed by atoms with E-state index >= 15 is 0 Å². The third-order valence-corrected chi connectivity index (χ3v) is 6.22. The van der Waals surface area contributed by atoms with E-state index in [4.69, 9.17) is 4.52 Å². The lowest BCUT2D eigenvalue weighted by molar-refractivity contribution is -0.133. The average molecular weight is 393 g/mol. The van der Waals surface area contributed by atoms with Crippen molar-refractivity contribution in [3.05, 3.63) is 57.6 Å². The highest BCUT2D eigenvalue weighted by Gasteiger charge is 2.37. The van der Waals surface area contributed by atoms with E-state index < -0.39 is 0 Å². The van der Waals surface area contributed by atoms with Crippen molar-refractivity contribution in [2.45, 2.75) is 39.2 Å². The van der Waals surface area contributed by atoms with E-state index in [0.717, 1.165) is 23.4 Å². The summed E-state index contributed by atoms with van der Waals surface area (Å²) in [5.74, 6) is 1.85. The van der Waals surface area contributed by atoms with E-state index in [-0.39, 0.29) is 23.3 Å². The predicted molar refractivity (Wildman–Crippen MR) is 105 cm³/mol. The first-order valence-corrected chi connectivity index (χ1v) is 9.94. The molecule has 0 aliphatic carbocycles. The van der Waals surface area contributed by atoms with Crippen LogP contribution in [0.3, 0.4) is 0 Å². The number of hydrogen-bond donors (Lipinski definition) is 1. The summed E-state index contributed by atoms with van der Waals surface area (Å²) >= 11 is 0. The van der Waals surface area contributed by atoms with Crippen molar-refractivity contribution < 1.29 is 9.32 Å². The Balaban J connectivity index is 1.41. The monoisotopic (exact) mass is 393 g/mol. The van der Waals surface area contributed by atoms with Gasteiger partial charge in [0, 0.05) is 49.2 Å². The van der Waals surface area contributed by atoms with Crippen molar-refractivity contribution in [1.29, 1.82) is 0 Å². The molecule has 29 heavy (non-hydrogen) atoms. The molecular formula is C21H23N5O3. The molecule has 3 aromatic rings. The minimum absolute atomic E-state index is 0.0114. The smallest absolute Gasteiger partial charge is 0.261 e. The van der Waals surface area contributed by atoms with Crippen LogP contribution in [0.25, 0.3) is 11.4 Å². The zero-order valence-corrected chi connectivity index (χ0v) is 16.5. The van der Waals surface area contributed by atoms with Gasteiger partial charge in [-0.05, 0) is 38.3 Å². The first-order valence-electron chi connectivity index (χ1n) is 9.94. The topological polar surface area (TPSA) is 97.0 Å². The summed E-state index contributed by atoms with van der Waals surface area (Å²) in [7, 11) is 0. The highest BCUT2D eigenvalue weighted by atomic mass is 16.5. The number of aromatic amines is 1. The highest BCUT2D eigenvalue weighted by Crippen LogP contribution is 2.36. The lowest BCUT2D eigenvalue weighted by Gasteiger charge is -2.43. The molecule has 1 saturated heterocycles. The average Bonchev–Trinajstić information content (AvgIpc) is 3.34. The van der Waals surface area contributed by atoms with Crippen LogP contribution in [-0.2, 0) is 17.8 Å². The number of pyridine rings is 1. The van der Waals surface area contributed by atoms with Crippen LogP contribution in [-0.4, -0.2) is 43.6 Å². The van der Waals surface area contributed by atoms with Crippen LogP contribution >= 0.6 is 0 Å². The van der Waals surface area contributed by atoms with E-state index in [2.05, 4.69) is 15.1 Å². The summed E-state index contributed by atoms with van der Waals surface area (Å²) < 4.78 is 7.07. The van der Waals surface area contributed by atoms with Crippen molar-refractivity contribution in [3.63, 3.8) is 0 Å². The van der Waals surface area contributed by atoms with Crippen molar-refractivity contribution in [3.8, 4) is 11.4 Å². The van der Waals surface area contributed by atoms with Gasteiger partial charge in [-0.1, -0.05) is 5.16 Å². The van der Waals surface area contributed by atoms with Gasteiger partial charge in [-0.3, -0.25) is 9.59 Å². The fourth-order valence-electron chi connectivity index (χ4n) is 4.76. The first kappa shape index (κ1) is 17.9. The van der Waals surface area contributed by atoms with E-state index in [1.165, 1.54) is 0 Å². The number of imidazole rings is 1. The van der Waals surface area contributed by atoms with Gasteiger partial charge in [0.2, 0.25) is 5.91 Å². The summed E-state index contributed by atoms with van der Waals surface area (Å²) in [6, 6.07) is 3.86. The van der Waals surface area contributed by atoms with Crippen molar-refractivity contribution >= 4 is 5.91 Å². The number of hydrogen-bond acceptors (Lipinski definition) is 5. The number of fused-ring (bicyclic) bond motifs is 4. The highest BCUT2D eigenvalue weighted by molar-refractivity contribution is 5.79. The molecule has 2 aliphatic heterocycles. The Hall–Kier alpha value is -3.16. The van der Waals surface area contributed by atoms with Crippen molar-refractivity contribution in [2.24, 2.45) is 5.92 Å². The minimum atomic E-state index is -0.0114. The Labute approximate surface area is 167 Å². The van der Waals surface area contributed by atoms with Crippen LogP contribution in [0.1, 0.15) is 35.1 Å². The maximum Gasteiger partial charge on any atom is 0.261 e. The number of carbonyl (C=O) groups is 1. The third-order valence-electron chi connectivity index (χ3n) is 6.22. The Kier molecular flexibility index (Phi) is 4.15. The third kappa shape index (κ3) is 2.99. The van der Waals surface area contributed by atoms with Gasteiger partial charge in [0.1, 0.15) is 11.6 Å². The lowest BCUT2D eigenvalue weighted by atomic mass is 9.82. The van der Waals surface area contributed by atoms with Crippen molar-refractivity contribution in [2.75, 3.05) is 13.1 Å². The summed E-state index contributed by atoms with van der Waals surface area (Å²) in [6.07, 6.45) is 4.69. The van der Waals surface area contributed by atoms with Crippen LogP contribution in [0, 0.1) is 19.8 Å². The zero-order chi connectivity index (χ0) is 20.1. The van der Waals surface area contributed by atoms with E-state index in [9.17, 15) is 9.59 Å². The maximum atomic E-state index is 13.1. The maximum absolute atomic E-state index is 13.1. The Morgan fingerprint density at radius 3 is 2.86 bits per heavy atom. The van der Waals surface area contributed by atoms with Gasteiger partial charge >= 0.3 is 0 Å². The fourth-order valence-corrected chi connectivity index (χ4v) is 4.76. The van der Waals surface area contributed by atoms with E-state index in [1.54, 1.807) is 12.4 Å². The van der Waals surface area contributed by atoms with Crippen LogP contribution in [0.4, 0.5) is 0 Å². The standard InChI is InChI=1S/C21H23N5O3/c1-12-17(13(2)29-24-12)8-19(27)25-9-14-7-15(11-25)18-4-3-16(20-22-5-6-23-20)21(28)26(18)10-14/h3-6,14-15H,7-11H2,1-2H3,(H,22,23)/t14-,15+/m0/s1. The molecule has 1 N–H and O–H groups in total. The number of likely N-dealkylation sites (tertiary alicyclic amines) is 1. The van der Waals surface area contributed by atoms with Gasteiger partial charge in [0.05, 0.1) is 17.7 Å². The second-order valence-corrected chi connectivity index (χ2v) is 8.10. The number of nitrogens with zero attached hydrogens (tertiary/aromatic N) is 4. The quantitative estimate of drug-likeness (QED) is 0.734. The molecule has 1 amide bonds. The lowest BCUT2D eigenvalue weighted by Crippen LogP contribution is -2.49. The van der Waals surface area contributed by atoms with Gasteiger partial charge in [-0.25, -0.2) is 4.98 Å². The molecule has 5 rings (SSSR count). The molecule has 0 saturated carbocycles. The molecular weight excluding hydrogens is 370 g/mol. The molecule has 3 aromatic heterocycles. The molecule has 0 radical (unpaired) electrons. The van der Waals surface area contributed by atoms with Gasteiger partial charge in [-0.15, -0.1) is 0 Å². The number of aromatic nitrogens is 4. The first-order chi connectivity index (χ1) is 14.0. The minimum Gasteiger partial charge on any atom is -0.361 e. The van der Waals surface area contributed by atoms with Gasteiger partial charge in [0.25, 0.3) is 5.56 Å². The number of piperidine rings is 1. The second-order valence-electron chi connectivity index (χ2n) is 8.10. The molecule has 2 aliphatic rings. The summed E-state index contributed by atoms with van der Waals surface area (Å²) in [5, 5.41) is 3.95. The number of amides is 1. The normalized spacial score (nSPS) is 20.6. The number of H-pyrrole nitrogens is 1. The molecule has 0 unspecified atom stereocenters. The van der Waals surface area contributed by atoms with Gasteiger partial charge in [-0.2, -0.15) is 0 Å². The zero-order valence-electron chi connectivity index (χ0n) is 16.5. The Bertz CT molecular complexity index is 1110. The van der Waals surface area contributed by atoms with E-state index in [0.29, 0.717) is 43.2 Å². The molecule has 0 aromatic carbocycles. The molecule has 5 heterocycles. The molecule has 8 heteroatoms. The van der Waals surface area contributed by atoms with Crippen molar-refractivity contribution in [1.82, 2.24) is 24.6 Å². The summed E-state index contributed by atoms with van der Waals surface area (Å²) in [4.78, 5) is 35.2. The van der Waals surface area contributed by atoms with Crippen LogP contribution < -0.4 is 5.56 Å². The molecule has 2 bridgehead atoms. The molecule has 150 valence electrons. The molecule has 0 spiro atoms. The number of rotatable bonds is 3. The Morgan fingerprint density at radius 1 is 1.28 bits per heavy atom. The van der Waals surface area contributed by atoms with Gasteiger partial charge in [0.15, 0.2) is 0 Å². The molecule has 2 atom stereocenters.